The van der Waals surface area contributed by atoms with Crippen LogP contribution in [0.1, 0.15) is 20.8 Å². The van der Waals surface area contributed by atoms with Crippen molar-refractivity contribution in [2.45, 2.75) is 32.5 Å². The predicted octanol–water partition coefficient (Wildman–Crippen LogP) is 0.207. The van der Waals surface area contributed by atoms with Crippen molar-refractivity contribution in [1.82, 2.24) is 4.90 Å². The van der Waals surface area contributed by atoms with Gasteiger partial charge in [0.1, 0.15) is 5.60 Å². The van der Waals surface area contributed by atoms with E-state index in [4.69, 9.17) is 9.84 Å². The number of aliphatic hydroxyl groups excluding tert-OH is 2. The number of rotatable bonds is 1. The van der Waals surface area contributed by atoms with Crippen LogP contribution in [0.25, 0.3) is 0 Å². The maximum absolute atomic E-state index is 11.6. The summed E-state index contributed by atoms with van der Waals surface area (Å²) in [5.74, 6) is -0.252. The Hall–Kier alpha value is -0.810. The van der Waals surface area contributed by atoms with E-state index in [0.717, 1.165) is 0 Å². The van der Waals surface area contributed by atoms with Crippen molar-refractivity contribution in [2.24, 2.45) is 5.92 Å². The Morgan fingerprint density at radius 3 is 2.47 bits per heavy atom. The first-order valence-electron chi connectivity index (χ1n) is 5.10. The minimum Gasteiger partial charge on any atom is -0.444 e. The highest BCUT2D eigenvalue weighted by atomic mass is 16.6. The van der Waals surface area contributed by atoms with Crippen molar-refractivity contribution in [1.29, 1.82) is 0 Å². The monoisotopic (exact) mass is 217 g/mol. The maximum Gasteiger partial charge on any atom is 0.410 e. The lowest BCUT2D eigenvalue weighted by Gasteiger charge is -2.24. The molecule has 1 saturated heterocycles. The Bertz CT molecular complexity index is 236. The average Bonchev–Trinajstić information content (AvgIpc) is 2.43. The molecule has 1 rings (SSSR count). The van der Waals surface area contributed by atoms with Crippen LogP contribution in [0.15, 0.2) is 0 Å². The maximum atomic E-state index is 11.6. The molecule has 0 radical (unpaired) electrons. The lowest BCUT2D eigenvalue weighted by atomic mass is 10.1. The fourth-order valence-electron chi connectivity index (χ4n) is 1.51. The molecule has 0 aromatic heterocycles. The number of amides is 1. The van der Waals surface area contributed by atoms with Crippen molar-refractivity contribution in [3.63, 3.8) is 0 Å². The fourth-order valence-corrected chi connectivity index (χ4v) is 1.51. The molecule has 2 unspecified atom stereocenters. The lowest BCUT2D eigenvalue weighted by Crippen LogP contribution is -2.35. The van der Waals surface area contributed by atoms with Crippen LogP contribution in [0.2, 0.25) is 0 Å². The molecular formula is C10H19NO4. The van der Waals surface area contributed by atoms with E-state index in [2.05, 4.69) is 0 Å². The predicted molar refractivity (Wildman–Crippen MR) is 54.4 cm³/mol. The van der Waals surface area contributed by atoms with E-state index >= 15 is 0 Å². The van der Waals surface area contributed by atoms with E-state index in [1.807, 2.05) is 0 Å². The van der Waals surface area contributed by atoms with Gasteiger partial charge in [-0.05, 0) is 20.8 Å². The molecule has 0 spiro atoms. The standard InChI is InChI=1S/C10H19NO4/c1-10(2,3)15-9(14)11-4-7(6-12)8(13)5-11/h7-8,12-13H,4-6H2,1-3H3. The summed E-state index contributed by atoms with van der Waals surface area (Å²) in [4.78, 5) is 13.0. The van der Waals surface area contributed by atoms with E-state index in [9.17, 15) is 9.90 Å². The minimum absolute atomic E-state index is 0.111. The van der Waals surface area contributed by atoms with E-state index in [1.165, 1.54) is 4.90 Å². The number of likely N-dealkylation sites (tertiary alicyclic amines) is 1. The second kappa shape index (κ2) is 4.37. The Kier molecular flexibility index (Phi) is 3.57. The van der Waals surface area contributed by atoms with E-state index in [1.54, 1.807) is 20.8 Å². The quantitative estimate of drug-likeness (QED) is 0.658. The molecule has 1 amide bonds. The number of nitrogens with zero attached hydrogens (tertiary/aromatic N) is 1. The zero-order valence-electron chi connectivity index (χ0n) is 9.43. The molecule has 0 aliphatic carbocycles. The summed E-state index contributed by atoms with van der Waals surface area (Å²) in [5.41, 5.74) is -0.528. The molecule has 1 heterocycles. The smallest absolute Gasteiger partial charge is 0.410 e. The molecule has 1 aliphatic rings. The molecule has 0 bridgehead atoms. The topological polar surface area (TPSA) is 70.0 Å². The Morgan fingerprint density at radius 2 is 2.07 bits per heavy atom. The Balaban J connectivity index is 2.50. The van der Waals surface area contributed by atoms with Gasteiger partial charge in [0, 0.05) is 12.5 Å². The van der Waals surface area contributed by atoms with E-state index in [-0.39, 0.29) is 19.1 Å². The number of carbonyl (C=O) groups excluding carboxylic acids is 1. The van der Waals surface area contributed by atoms with Gasteiger partial charge in [0.15, 0.2) is 0 Å². The second-order valence-corrected chi connectivity index (χ2v) is 4.90. The third-order valence-electron chi connectivity index (χ3n) is 2.29. The first kappa shape index (κ1) is 12.3. The van der Waals surface area contributed by atoms with E-state index in [0.29, 0.717) is 6.54 Å². The highest BCUT2D eigenvalue weighted by Gasteiger charge is 2.35. The molecule has 5 heteroatoms. The molecule has 15 heavy (non-hydrogen) atoms. The van der Waals surface area contributed by atoms with Crippen LogP contribution in [-0.2, 0) is 4.74 Å². The summed E-state index contributed by atoms with van der Waals surface area (Å²) < 4.78 is 5.16. The van der Waals surface area contributed by atoms with Crippen LogP contribution in [0.5, 0.6) is 0 Å². The van der Waals surface area contributed by atoms with Crippen molar-refractivity contribution in [2.75, 3.05) is 19.7 Å². The van der Waals surface area contributed by atoms with Gasteiger partial charge in [-0.2, -0.15) is 0 Å². The summed E-state index contributed by atoms with van der Waals surface area (Å²) in [5, 5.41) is 18.4. The van der Waals surface area contributed by atoms with Gasteiger partial charge in [0.2, 0.25) is 0 Å². The van der Waals surface area contributed by atoms with Gasteiger partial charge >= 0.3 is 6.09 Å². The summed E-state index contributed by atoms with van der Waals surface area (Å²) >= 11 is 0. The highest BCUT2D eigenvalue weighted by molar-refractivity contribution is 5.68. The number of β-amino-alcohol motifs (C(OH)–C–C–N with tert-alkyl or cyclic N) is 1. The van der Waals surface area contributed by atoms with Gasteiger partial charge in [-0.25, -0.2) is 4.79 Å². The van der Waals surface area contributed by atoms with E-state index < -0.39 is 17.8 Å². The first-order chi connectivity index (χ1) is 6.83. The molecule has 2 atom stereocenters. The molecule has 88 valence electrons. The van der Waals surface area contributed by atoms with Crippen molar-refractivity contribution < 1.29 is 19.7 Å². The molecule has 2 N–H and O–H groups in total. The molecule has 1 aliphatic heterocycles. The summed E-state index contributed by atoms with van der Waals surface area (Å²) in [6, 6.07) is 0. The van der Waals surface area contributed by atoms with Crippen LogP contribution in [-0.4, -0.2) is 52.6 Å². The fraction of sp³-hybridized carbons (Fsp3) is 0.900. The number of hydrogen-bond donors (Lipinski definition) is 2. The van der Waals surface area contributed by atoms with Crippen LogP contribution < -0.4 is 0 Å². The van der Waals surface area contributed by atoms with Crippen LogP contribution in [0.3, 0.4) is 0 Å². The van der Waals surface area contributed by atoms with Gasteiger partial charge in [0.05, 0.1) is 19.3 Å². The zero-order valence-corrected chi connectivity index (χ0v) is 9.43. The van der Waals surface area contributed by atoms with Gasteiger partial charge in [0.25, 0.3) is 0 Å². The van der Waals surface area contributed by atoms with Crippen LogP contribution >= 0.6 is 0 Å². The Labute approximate surface area is 89.6 Å². The van der Waals surface area contributed by atoms with Gasteiger partial charge < -0.3 is 19.8 Å². The zero-order chi connectivity index (χ0) is 11.6. The molecule has 5 nitrogen and oxygen atoms in total. The summed E-state index contributed by atoms with van der Waals surface area (Å²) in [7, 11) is 0. The first-order valence-corrected chi connectivity index (χ1v) is 5.10. The third-order valence-corrected chi connectivity index (χ3v) is 2.29. The third kappa shape index (κ3) is 3.35. The molecular weight excluding hydrogens is 198 g/mol. The average molecular weight is 217 g/mol. The van der Waals surface area contributed by atoms with Crippen molar-refractivity contribution >= 4 is 6.09 Å². The van der Waals surface area contributed by atoms with Crippen molar-refractivity contribution in [3.8, 4) is 0 Å². The second-order valence-electron chi connectivity index (χ2n) is 4.90. The largest absolute Gasteiger partial charge is 0.444 e. The minimum atomic E-state index is -0.650. The molecule has 0 aromatic carbocycles. The van der Waals surface area contributed by atoms with Gasteiger partial charge in [-0.15, -0.1) is 0 Å². The van der Waals surface area contributed by atoms with Crippen LogP contribution in [0, 0.1) is 5.92 Å². The van der Waals surface area contributed by atoms with Crippen molar-refractivity contribution in [3.05, 3.63) is 0 Å². The summed E-state index contributed by atoms with van der Waals surface area (Å²) in [6.45, 7) is 5.86. The number of carbonyl (C=O) groups is 1. The van der Waals surface area contributed by atoms with Crippen LogP contribution in [0.4, 0.5) is 4.79 Å². The van der Waals surface area contributed by atoms with Gasteiger partial charge in [-0.3, -0.25) is 0 Å². The van der Waals surface area contributed by atoms with Gasteiger partial charge in [-0.1, -0.05) is 0 Å². The summed E-state index contributed by atoms with van der Waals surface area (Å²) in [6.07, 6.45) is -1.08. The molecule has 1 fully saturated rings. The number of ether oxygens (including phenoxy) is 1. The SMILES string of the molecule is CC(C)(C)OC(=O)N1CC(O)C(CO)C1. The lowest BCUT2D eigenvalue weighted by molar-refractivity contribution is 0.0269. The Morgan fingerprint density at radius 1 is 1.47 bits per heavy atom. The molecule has 0 saturated carbocycles. The normalized spacial score (nSPS) is 26.9. The molecule has 0 aromatic rings. The number of hydrogen-bond acceptors (Lipinski definition) is 4. The highest BCUT2D eigenvalue weighted by Crippen LogP contribution is 2.19. The number of aliphatic hydroxyl groups is 2.